The van der Waals surface area contributed by atoms with Gasteiger partial charge in [0.2, 0.25) is 5.76 Å². The van der Waals surface area contributed by atoms with Crippen molar-refractivity contribution in [3.05, 3.63) is 41.8 Å². The first kappa shape index (κ1) is 17.4. The highest BCUT2D eigenvalue weighted by Crippen LogP contribution is 2.34. The lowest BCUT2D eigenvalue weighted by Gasteiger charge is -2.23. The lowest BCUT2D eigenvalue weighted by Crippen LogP contribution is -2.44. The van der Waals surface area contributed by atoms with Crippen LogP contribution in [0.1, 0.15) is 29.0 Å². The summed E-state index contributed by atoms with van der Waals surface area (Å²) in [6.45, 7) is 0.946. The molecule has 138 valence electrons. The Labute approximate surface area is 151 Å². The fraction of sp³-hybridized carbons (Fsp3) is 0.412. The molecule has 1 saturated carbocycles. The van der Waals surface area contributed by atoms with Crippen LogP contribution in [-0.4, -0.2) is 29.5 Å². The summed E-state index contributed by atoms with van der Waals surface area (Å²) in [6, 6.07) is 7.34. The van der Waals surface area contributed by atoms with E-state index in [1.54, 1.807) is 24.3 Å². The highest BCUT2D eigenvalue weighted by atomic mass is 32.2. The molecule has 26 heavy (non-hydrogen) atoms. The largest absolute Gasteiger partial charge is 0.451 e. The molecule has 2 aliphatic rings. The van der Waals surface area contributed by atoms with Crippen molar-refractivity contribution in [2.24, 2.45) is 5.92 Å². The molecule has 9 heteroatoms. The van der Waals surface area contributed by atoms with Gasteiger partial charge in [-0.25, -0.2) is 4.98 Å². The average molecular weight is 383 g/mol. The Balaban J connectivity index is 1.37. The molecule has 3 atom stereocenters. The number of aromatic nitrogens is 1. The first-order chi connectivity index (χ1) is 12.4. The van der Waals surface area contributed by atoms with E-state index in [1.165, 1.54) is 0 Å². The monoisotopic (exact) mass is 383 g/mol. The van der Waals surface area contributed by atoms with Crippen molar-refractivity contribution in [3.63, 3.8) is 0 Å². The van der Waals surface area contributed by atoms with Crippen LogP contribution >= 0.6 is 11.8 Å². The minimum atomic E-state index is -4.55. The van der Waals surface area contributed by atoms with Crippen molar-refractivity contribution in [2.75, 3.05) is 6.54 Å². The lowest BCUT2D eigenvalue weighted by molar-refractivity contribution is -0.154. The van der Waals surface area contributed by atoms with Gasteiger partial charge in [-0.2, -0.15) is 13.2 Å². The van der Waals surface area contributed by atoms with Gasteiger partial charge in [-0.1, -0.05) is 0 Å². The Morgan fingerprint density at radius 3 is 2.62 bits per heavy atom. The zero-order chi connectivity index (χ0) is 18.3. The molecule has 2 fully saturated rings. The smallest absolute Gasteiger partial charge is 0.427 e. The molecular weight excluding hydrogens is 367 g/mol. The Kier molecular flexibility index (Phi) is 4.44. The zero-order valence-corrected chi connectivity index (χ0v) is 14.4. The standard InChI is InChI=1S/C17H16F3N3O2S/c18-17(19,20)14-8-22-16(25-14)26-12-3-1-9(2-4-12)15(24)23-13-6-11-5-10(13)7-21-11/h1-4,8,10-11,13,21H,5-7H2,(H,23,24). The second-order valence-electron chi connectivity index (χ2n) is 6.53. The molecule has 1 aromatic carbocycles. The molecule has 2 aromatic rings. The van der Waals surface area contributed by atoms with Crippen molar-refractivity contribution < 1.29 is 22.4 Å². The van der Waals surface area contributed by atoms with E-state index in [0.29, 0.717) is 28.6 Å². The second-order valence-corrected chi connectivity index (χ2v) is 7.56. The third-order valence-electron chi connectivity index (χ3n) is 4.77. The first-order valence-electron chi connectivity index (χ1n) is 8.23. The maximum atomic E-state index is 12.5. The molecular formula is C17H16F3N3O2S. The predicted octanol–water partition coefficient (Wildman–Crippen LogP) is 3.32. The fourth-order valence-corrected chi connectivity index (χ4v) is 4.19. The van der Waals surface area contributed by atoms with E-state index in [-0.39, 0.29) is 17.2 Å². The van der Waals surface area contributed by atoms with Gasteiger partial charge in [0, 0.05) is 29.1 Å². The van der Waals surface area contributed by atoms with Gasteiger partial charge in [0.1, 0.15) is 0 Å². The van der Waals surface area contributed by atoms with Crippen LogP contribution in [-0.2, 0) is 6.18 Å². The highest BCUT2D eigenvalue weighted by Gasteiger charge is 2.40. The summed E-state index contributed by atoms with van der Waals surface area (Å²) in [4.78, 5) is 16.6. The number of carbonyl (C=O) groups is 1. The molecule has 5 nitrogen and oxygen atoms in total. The number of carbonyl (C=O) groups excluding carboxylic acids is 1. The number of rotatable bonds is 4. The number of fused-ring (bicyclic) bond motifs is 2. The maximum Gasteiger partial charge on any atom is 0.451 e. The number of oxazole rings is 1. The average Bonchev–Trinajstić information content (AvgIpc) is 3.31. The van der Waals surface area contributed by atoms with Gasteiger partial charge < -0.3 is 15.1 Å². The fourth-order valence-electron chi connectivity index (χ4n) is 3.48. The number of nitrogens with one attached hydrogen (secondary N) is 2. The van der Waals surface area contributed by atoms with Gasteiger partial charge in [-0.15, -0.1) is 0 Å². The summed E-state index contributed by atoms with van der Waals surface area (Å²) in [7, 11) is 0. The number of alkyl halides is 3. The summed E-state index contributed by atoms with van der Waals surface area (Å²) in [5.41, 5.74) is 0.522. The topological polar surface area (TPSA) is 67.2 Å². The molecule has 1 amide bonds. The van der Waals surface area contributed by atoms with Crippen LogP contribution in [0.2, 0.25) is 0 Å². The van der Waals surface area contributed by atoms with Gasteiger partial charge in [0.25, 0.3) is 11.1 Å². The summed E-state index contributed by atoms with van der Waals surface area (Å²) in [5.74, 6) is -0.766. The normalized spacial score (nSPS) is 24.8. The van der Waals surface area contributed by atoms with Gasteiger partial charge >= 0.3 is 6.18 Å². The van der Waals surface area contributed by atoms with E-state index in [9.17, 15) is 18.0 Å². The number of hydrogen-bond acceptors (Lipinski definition) is 5. The van der Waals surface area contributed by atoms with Crippen LogP contribution in [0.4, 0.5) is 13.2 Å². The van der Waals surface area contributed by atoms with Gasteiger partial charge in [-0.05, 0) is 54.8 Å². The Morgan fingerprint density at radius 1 is 1.27 bits per heavy atom. The summed E-state index contributed by atoms with van der Waals surface area (Å²) < 4.78 is 42.2. The van der Waals surface area contributed by atoms with E-state index in [1.807, 2.05) is 0 Å². The van der Waals surface area contributed by atoms with Crippen molar-refractivity contribution in [1.82, 2.24) is 15.6 Å². The molecule has 1 aliphatic heterocycles. The molecule has 1 aliphatic carbocycles. The van der Waals surface area contributed by atoms with Crippen LogP contribution in [0.3, 0.4) is 0 Å². The number of halogens is 3. The third-order valence-corrected chi connectivity index (χ3v) is 5.64. The van der Waals surface area contributed by atoms with Gasteiger partial charge in [0.15, 0.2) is 0 Å². The van der Waals surface area contributed by atoms with Crippen molar-refractivity contribution in [1.29, 1.82) is 0 Å². The SMILES string of the molecule is O=C(NC1CC2CC1CN2)c1ccc(Sc2ncc(C(F)(F)F)o2)cc1. The van der Waals surface area contributed by atoms with Crippen LogP contribution < -0.4 is 10.6 Å². The second kappa shape index (κ2) is 6.62. The van der Waals surface area contributed by atoms with E-state index in [0.717, 1.165) is 31.1 Å². The third kappa shape index (κ3) is 3.59. The minimum Gasteiger partial charge on any atom is -0.427 e. The van der Waals surface area contributed by atoms with E-state index >= 15 is 0 Å². The maximum absolute atomic E-state index is 12.5. The molecule has 2 heterocycles. The molecule has 3 unspecified atom stereocenters. The number of nitrogens with zero attached hydrogens (tertiary/aromatic N) is 1. The Bertz CT molecular complexity index is 806. The Hall–Kier alpha value is -2.00. The number of hydrogen-bond donors (Lipinski definition) is 2. The zero-order valence-electron chi connectivity index (χ0n) is 13.5. The van der Waals surface area contributed by atoms with Gasteiger partial charge in [-0.3, -0.25) is 4.79 Å². The molecule has 1 aromatic heterocycles. The number of benzene rings is 1. The summed E-state index contributed by atoms with van der Waals surface area (Å²) in [6.07, 6.45) is -1.83. The van der Waals surface area contributed by atoms with Crippen molar-refractivity contribution in [3.8, 4) is 0 Å². The van der Waals surface area contributed by atoms with Crippen molar-refractivity contribution in [2.45, 2.75) is 41.2 Å². The minimum absolute atomic E-state index is 0.0935. The molecule has 4 rings (SSSR count). The first-order valence-corrected chi connectivity index (χ1v) is 9.05. The van der Waals surface area contributed by atoms with Crippen LogP contribution in [0.15, 0.2) is 45.0 Å². The molecule has 0 radical (unpaired) electrons. The van der Waals surface area contributed by atoms with Crippen LogP contribution in [0.25, 0.3) is 0 Å². The molecule has 2 N–H and O–H groups in total. The van der Waals surface area contributed by atoms with E-state index in [4.69, 9.17) is 0 Å². The highest BCUT2D eigenvalue weighted by molar-refractivity contribution is 7.99. The summed E-state index contributed by atoms with van der Waals surface area (Å²) >= 11 is 0.970. The van der Waals surface area contributed by atoms with Crippen LogP contribution in [0, 0.1) is 5.92 Å². The predicted molar refractivity (Wildman–Crippen MR) is 87.8 cm³/mol. The summed E-state index contributed by atoms with van der Waals surface area (Å²) in [5, 5.41) is 6.38. The molecule has 2 bridgehead atoms. The number of piperidine rings is 1. The number of amides is 1. The van der Waals surface area contributed by atoms with Gasteiger partial charge in [0.05, 0.1) is 6.20 Å². The molecule has 1 saturated heterocycles. The lowest BCUT2D eigenvalue weighted by atomic mass is 10.0. The Morgan fingerprint density at radius 2 is 2.04 bits per heavy atom. The van der Waals surface area contributed by atoms with Crippen molar-refractivity contribution >= 4 is 17.7 Å². The van der Waals surface area contributed by atoms with E-state index in [2.05, 4.69) is 20.0 Å². The van der Waals surface area contributed by atoms with E-state index < -0.39 is 11.9 Å². The quantitative estimate of drug-likeness (QED) is 0.848. The molecule has 0 spiro atoms. The van der Waals surface area contributed by atoms with Crippen LogP contribution in [0.5, 0.6) is 0 Å².